The Morgan fingerprint density at radius 3 is 2.00 bits per heavy atom. The zero-order chi connectivity index (χ0) is 8.69. The van der Waals surface area contributed by atoms with Gasteiger partial charge >= 0.3 is 138 Å². The molecule has 0 unspecified atom stereocenters. The molecule has 0 aromatic carbocycles. The molecule has 0 aliphatic rings. The van der Waals surface area contributed by atoms with Gasteiger partial charge in [-0.1, -0.05) is 0 Å². The Kier molecular flexibility index (Phi) is 22.6. The maximum atomic E-state index is 8.33. The summed E-state index contributed by atoms with van der Waals surface area (Å²) in [6.45, 7) is 0. The average Bonchev–Trinajstić information content (AvgIpc) is 1.87. The summed E-state index contributed by atoms with van der Waals surface area (Å²) in [6, 6.07) is 1.64. The van der Waals surface area contributed by atoms with E-state index in [2.05, 4.69) is 9.97 Å². The van der Waals surface area contributed by atoms with E-state index in [1.807, 2.05) is 0 Å². The van der Waals surface area contributed by atoms with Gasteiger partial charge in [-0.05, 0) is 12.2 Å². The van der Waals surface area contributed by atoms with E-state index in [-0.39, 0.29) is 138 Å². The fourth-order valence-electron chi connectivity index (χ4n) is 0.301. The number of hydrogen-bond donors (Lipinski definition) is 1. The molecule has 0 spiro atoms. The molecule has 60 valence electrons. The number of carbonyl (C=O) groups excluding carboxylic acids is 1. The Hall–Kier alpha value is 2.25. The molecule has 1 rings (SSSR count). The van der Waals surface area contributed by atoms with E-state index in [1.54, 1.807) is 12.3 Å². The number of carboxylic acid groups (broad SMARTS) is 2. The third-order valence-electron chi connectivity index (χ3n) is 0.605. The molecule has 0 aliphatic carbocycles. The number of nitrogen functional groups attached to an aromatic ring is 1. The van der Waals surface area contributed by atoms with Crippen molar-refractivity contribution in [2.24, 2.45) is 0 Å². The first kappa shape index (κ1) is 20.6. The summed E-state index contributed by atoms with van der Waals surface area (Å²) >= 11 is 0. The largest absolute Gasteiger partial charge is 1.00 e. The molecule has 1 aromatic heterocycles. The summed E-state index contributed by atoms with van der Waals surface area (Å²) in [6.07, 6.45) is 0.678. The van der Waals surface area contributed by atoms with Gasteiger partial charge in [-0.25, -0.2) is 9.97 Å². The van der Waals surface area contributed by atoms with Gasteiger partial charge in [-0.3, -0.25) is 0 Å². The minimum Gasteiger partial charge on any atom is -0.652 e. The van der Waals surface area contributed by atoms with Crippen molar-refractivity contribution in [3.05, 3.63) is 18.6 Å². The van der Waals surface area contributed by atoms with Crippen LogP contribution in [-0.4, -0.2) is 16.1 Å². The van der Waals surface area contributed by atoms with Gasteiger partial charge < -0.3 is 20.7 Å². The van der Waals surface area contributed by atoms with Crippen LogP contribution in [0, 0.1) is 0 Å². The number of aromatic nitrogens is 2. The summed E-state index contributed by atoms with van der Waals surface area (Å²) in [5, 5.41) is 16.7. The average molecular weight is 421 g/mol. The normalized spacial score (nSPS) is 6.46. The number of hydrogen-bond acceptors (Lipinski definition) is 6. The fraction of sp³-hybridized carbons (Fsp3) is 0. The molecule has 8 heteroatoms. The summed E-state index contributed by atoms with van der Waals surface area (Å²) < 4.78 is 0. The van der Waals surface area contributed by atoms with E-state index in [0.29, 0.717) is 5.82 Å². The SMILES string of the molecule is Nc1ccncn1.O=C([O-])[O-].[Cs+].[Cs+]. The van der Waals surface area contributed by atoms with Crippen molar-refractivity contribution in [2.45, 2.75) is 0 Å². The quantitative estimate of drug-likeness (QED) is 0.446. The summed E-state index contributed by atoms with van der Waals surface area (Å²) in [5.74, 6) is 0.509. The maximum Gasteiger partial charge on any atom is 1.00 e. The molecule has 0 bridgehead atoms. The molecular weight excluding hydrogens is 416 g/mol. The molecule has 1 heterocycles. The van der Waals surface area contributed by atoms with Crippen LogP contribution in [0.4, 0.5) is 10.6 Å². The summed E-state index contributed by atoms with van der Waals surface area (Å²) in [5.41, 5.74) is 5.21. The van der Waals surface area contributed by atoms with Crippen molar-refractivity contribution in [2.75, 3.05) is 5.73 Å². The molecule has 13 heavy (non-hydrogen) atoms. The van der Waals surface area contributed by atoms with Crippen molar-refractivity contribution in [1.29, 1.82) is 0 Å². The number of anilines is 1. The molecule has 6 nitrogen and oxygen atoms in total. The minimum absolute atomic E-state index is 0. The molecule has 1 aromatic rings. The van der Waals surface area contributed by atoms with Crippen LogP contribution in [0.3, 0.4) is 0 Å². The third kappa shape index (κ3) is 20.4. The van der Waals surface area contributed by atoms with Crippen LogP contribution in [0.1, 0.15) is 0 Å². The van der Waals surface area contributed by atoms with Crippen LogP contribution >= 0.6 is 0 Å². The van der Waals surface area contributed by atoms with Crippen molar-refractivity contribution in [3.63, 3.8) is 0 Å². The van der Waals surface area contributed by atoms with Gasteiger partial charge in [0.25, 0.3) is 0 Å². The molecular formula is C5H5Cs2N3O3. The van der Waals surface area contributed by atoms with Gasteiger partial charge in [0.05, 0.1) is 0 Å². The molecule has 0 aliphatic heterocycles. The molecule has 0 saturated carbocycles. The number of nitrogens with two attached hydrogens (primary N) is 1. The van der Waals surface area contributed by atoms with E-state index in [4.69, 9.17) is 20.7 Å². The molecule has 0 saturated heterocycles. The first-order valence-electron chi connectivity index (χ1n) is 2.52. The maximum absolute atomic E-state index is 8.33. The predicted octanol–water partition coefficient (Wildman–Crippen LogP) is -8.38. The van der Waals surface area contributed by atoms with Crippen molar-refractivity contribution < 1.29 is 153 Å². The first-order chi connectivity index (χ1) is 5.13. The monoisotopic (exact) mass is 421 g/mol. The molecule has 2 N–H and O–H groups in total. The van der Waals surface area contributed by atoms with Gasteiger partial charge in [0.1, 0.15) is 12.1 Å². The molecule has 0 atom stereocenters. The number of nitrogens with zero attached hydrogens (tertiary/aromatic N) is 2. The Morgan fingerprint density at radius 1 is 1.38 bits per heavy atom. The second-order valence-electron chi connectivity index (χ2n) is 1.38. The van der Waals surface area contributed by atoms with Crippen LogP contribution in [-0.2, 0) is 0 Å². The smallest absolute Gasteiger partial charge is 0.652 e. The van der Waals surface area contributed by atoms with E-state index >= 15 is 0 Å². The second-order valence-corrected chi connectivity index (χ2v) is 1.38. The molecule has 0 amide bonds. The van der Waals surface area contributed by atoms with Crippen molar-refractivity contribution in [3.8, 4) is 0 Å². The Labute approximate surface area is 193 Å². The van der Waals surface area contributed by atoms with Gasteiger partial charge in [0.2, 0.25) is 0 Å². The fourth-order valence-corrected chi connectivity index (χ4v) is 0.301. The van der Waals surface area contributed by atoms with Crippen LogP contribution in [0.25, 0.3) is 0 Å². The van der Waals surface area contributed by atoms with Gasteiger partial charge in [-0.2, -0.15) is 0 Å². The standard InChI is InChI=1S/C4H5N3.CH2O3.2Cs/c5-4-1-2-6-3-7-4;2-1(3)4;;/h1-3H,(H2,5,6,7);(H2,2,3,4);;/q;;2*+1/p-2. The van der Waals surface area contributed by atoms with E-state index in [1.165, 1.54) is 6.33 Å². The number of carbonyl (C=O) groups is 1. The van der Waals surface area contributed by atoms with Crippen molar-refractivity contribution in [1.82, 2.24) is 9.97 Å². The van der Waals surface area contributed by atoms with E-state index in [0.717, 1.165) is 0 Å². The topological polar surface area (TPSA) is 115 Å². The minimum atomic E-state index is -2.33. The summed E-state index contributed by atoms with van der Waals surface area (Å²) in [4.78, 5) is 15.6. The first-order valence-corrected chi connectivity index (χ1v) is 2.52. The van der Waals surface area contributed by atoms with Crippen LogP contribution in [0.5, 0.6) is 0 Å². The van der Waals surface area contributed by atoms with E-state index in [9.17, 15) is 0 Å². The Balaban J connectivity index is -0.000000150. The van der Waals surface area contributed by atoms with Gasteiger partial charge in [0.15, 0.2) is 0 Å². The number of rotatable bonds is 0. The van der Waals surface area contributed by atoms with Gasteiger partial charge in [-0.15, -0.1) is 0 Å². The predicted molar refractivity (Wildman–Crippen MR) is 31.8 cm³/mol. The third-order valence-corrected chi connectivity index (χ3v) is 0.605. The zero-order valence-corrected chi connectivity index (χ0v) is 20.0. The van der Waals surface area contributed by atoms with Crippen LogP contribution in [0.2, 0.25) is 0 Å². The Morgan fingerprint density at radius 2 is 1.85 bits per heavy atom. The van der Waals surface area contributed by atoms with E-state index < -0.39 is 6.16 Å². The molecule has 0 fully saturated rings. The van der Waals surface area contributed by atoms with Gasteiger partial charge in [0, 0.05) is 6.20 Å². The van der Waals surface area contributed by atoms with Crippen LogP contribution in [0.15, 0.2) is 18.6 Å². The zero-order valence-electron chi connectivity index (χ0n) is 7.43. The van der Waals surface area contributed by atoms with Crippen LogP contribution < -0.4 is 154 Å². The van der Waals surface area contributed by atoms with Crippen molar-refractivity contribution >= 4 is 12.0 Å². The second kappa shape index (κ2) is 14.3. The summed E-state index contributed by atoms with van der Waals surface area (Å²) in [7, 11) is 0. The Bertz CT molecular complexity index is 218. The molecule has 0 radical (unpaired) electrons.